The third-order valence-electron chi connectivity index (χ3n) is 2.11. The molecule has 19 heavy (non-hydrogen) atoms. The van der Waals surface area contributed by atoms with Gasteiger partial charge in [-0.15, -0.1) is 0 Å². The molecule has 6 heteroatoms. The van der Waals surface area contributed by atoms with Crippen LogP contribution in [0.15, 0.2) is 23.3 Å². The highest BCUT2D eigenvalue weighted by atomic mass is 35.5. The lowest BCUT2D eigenvalue weighted by atomic mass is 10.3. The summed E-state index contributed by atoms with van der Waals surface area (Å²) in [5, 5.41) is 4.68. The number of benzene rings is 1. The Labute approximate surface area is 122 Å². The van der Waals surface area contributed by atoms with Crippen LogP contribution in [0.25, 0.3) is 0 Å². The van der Waals surface area contributed by atoms with Gasteiger partial charge in [-0.05, 0) is 31.0 Å². The van der Waals surface area contributed by atoms with E-state index in [4.69, 9.17) is 27.9 Å². The number of carbonyl (C=O) groups excluding carboxylic acids is 1. The average Bonchev–Trinajstić information content (AvgIpc) is 2.32. The summed E-state index contributed by atoms with van der Waals surface area (Å²) in [4.78, 5) is 11.7. The highest BCUT2D eigenvalue weighted by Crippen LogP contribution is 2.28. The maximum absolute atomic E-state index is 11.7. The van der Waals surface area contributed by atoms with Crippen molar-refractivity contribution in [3.8, 4) is 5.75 Å². The van der Waals surface area contributed by atoms with Gasteiger partial charge >= 0.3 is 0 Å². The van der Waals surface area contributed by atoms with Crippen molar-refractivity contribution in [2.75, 3.05) is 0 Å². The minimum Gasteiger partial charge on any atom is -0.479 e. The SMILES string of the molecule is CC(C)C=NNC(=O)C(C)Oc1ccc(Cl)cc1Cl. The molecule has 0 radical (unpaired) electrons. The second-order valence-electron chi connectivity index (χ2n) is 4.33. The number of rotatable bonds is 5. The molecular formula is C13H16Cl2N2O2. The summed E-state index contributed by atoms with van der Waals surface area (Å²) in [7, 11) is 0. The zero-order chi connectivity index (χ0) is 14.4. The number of hydrazone groups is 1. The highest BCUT2D eigenvalue weighted by molar-refractivity contribution is 6.35. The number of hydrogen-bond acceptors (Lipinski definition) is 3. The van der Waals surface area contributed by atoms with Crippen LogP contribution in [0.2, 0.25) is 10.0 Å². The number of nitrogens with one attached hydrogen (secondary N) is 1. The Morgan fingerprint density at radius 2 is 2.05 bits per heavy atom. The Kier molecular flexibility index (Phi) is 6.12. The number of ether oxygens (including phenoxy) is 1. The van der Waals surface area contributed by atoms with E-state index in [1.54, 1.807) is 31.3 Å². The van der Waals surface area contributed by atoms with Gasteiger partial charge in [-0.1, -0.05) is 37.0 Å². The van der Waals surface area contributed by atoms with Crippen molar-refractivity contribution in [2.45, 2.75) is 26.9 Å². The monoisotopic (exact) mass is 302 g/mol. The predicted octanol–water partition coefficient (Wildman–Crippen LogP) is 3.52. The summed E-state index contributed by atoms with van der Waals surface area (Å²) >= 11 is 11.7. The van der Waals surface area contributed by atoms with Gasteiger partial charge in [0.25, 0.3) is 5.91 Å². The summed E-state index contributed by atoms with van der Waals surface area (Å²) in [6.07, 6.45) is 0.933. The second kappa shape index (κ2) is 7.36. The molecule has 0 saturated carbocycles. The van der Waals surface area contributed by atoms with Gasteiger partial charge in [0.1, 0.15) is 5.75 Å². The quantitative estimate of drug-likeness (QED) is 0.668. The molecule has 1 N–H and O–H groups in total. The van der Waals surface area contributed by atoms with Gasteiger partial charge < -0.3 is 4.74 Å². The summed E-state index contributed by atoms with van der Waals surface area (Å²) in [6.45, 7) is 5.54. The molecule has 0 aliphatic carbocycles. The van der Waals surface area contributed by atoms with Gasteiger partial charge in [0.15, 0.2) is 6.10 Å². The summed E-state index contributed by atoms with van der Waals surface area (Å²) in [5.41, 5.74) is 2.40. The molecular weight excluding hydrogens is 287 g/mol. The van der Waals surface area contributed by atoms with E-state index in [0.29, 0.717) is 15.8 Å². The van der Waals surface area contributed by atoms with Crippen LogP contribution in [0, 0.1) is 5.92 Å². The van der Waals surface area contributed by atoms with Crippen LogP contribution < -0.4 is 10.2 Å². The van der Waals surface area contributed by atoms with E-state index in [9.17, 15) is 4.79 Å². The molecule has 1 amide bonds. The van der Waals surface area contributed by atoms with E-state index < -0.39 is 6.10 Å². The fourth-order valence-corrected chi connectivity index (χ4v) is 1.61. The maximum atomic E-state index is 11.7. The van der Waals surface area contributed by atoms with Gasteiger partial charge in [-0.25, -0.2) is 5.43 Å². The number of amides is 1. The molecule has 0 bridgehead atoms. The minimum absolute atomic E-state index is 0.266. The van der Waals surface area contributed by atoms with Crippen LogP contribution in [0.4, 0.5) is 0 Å². The Morgan fingerprint density at radius 3 is 2.63 bits per heavy atom. The molecule has 4 nitrogen and oxygen atoms in total. The van der Waals surface area contributed by atoms with Gasteiger partial charge in [-0.2, -0.15) is 5.10 Å². The molecule has 0 fully saturated rings. The van der Waals surface area contributed by atoms with Crippen molar-refractivity contribution in [2.24, 2.45) is 11.0 Å². The molecule has 0 saturated heterocycles. The number of hydrogen-bond donors (Lipinski definition) is 1. The van der Waals surface area contributed by atoms with Gasteiger partial charge in [-0.3, -0.25) is 4.79 Å². The predicted molar refractivity (Wildman–Crippen MR) is 78.0 cm³/mol. The first-order valence-electron chi connectivity index (χ1n) is 5.85. The third-order valence-corrected chi connectivity index (χ3v) is 2.64. The number of halogens is 2. The van der Waals surface area contributed by atoms with Crippen molar-refractivity contribution in [1.82, 2.24) is 5.43 Å². The fourth-order valence-electron chi connectivity index (χ4n) is 1.16. The topological polar surface area (TPSA) is 50.7 Å². The number of carbonyl (C=O) groups is 1. The van der Waals surface area contributed by atoms with Gasteiger partial charge in [0, 0.05) is 11.2 Å². The van der Waals surface area contributed by atoms with Crippen LogP contribution in [-0.4, -0.2) is 18.2 Å². The normalized spacial score (nSPS) is 12.7. The Balaban J connectivity index is 2.58. The van der Waals surface area contributed by atoms with Crippen molar-refractivity contribution >= 4 is 35.3 Å². The zero-order valence-electron chi connectivity index (χ0n) is 11.0. The molecule has 0 heterocycles. The van der Waals surface area contributed by atoms with E-state index in [1.165, 1.54) is 0 Å². The van der Waals surface area contributed by atoms with Crippen LogP contribution in [0.1, 0.15) is 20.8 Å². The first kappa shape index (κ1) is 15.8. The summed E-state index contributed by atoms with van der Waals surface area (Å²) in [6, 6.07) is 4.82. The Bertz CT molecular complexity index is 476. The van der Waals surface area contributed by atoms with Crippen LogP contribution >= 0.6 is 23.2 Å². The van der Waals surface area contributed by atoms with E-state index >= 15 is 0 Å². The molecule has 0 aromatic heterocycles. The van der Waals surface area contributed by atoms with Gasteiger partial charge in [0.2, 0.25) is 0 Å². The lowest BCUT2D eigenvalue weighted by molar-refractivity contribution is -0.127. The van der Waals surface area contributed by atoms with Crippen LogP contribution in [-0.2, 0) is 4.79 Å². The molecule has 0 aliphatic heterocycles. The molecule has 0 aliphatic rings. The van der Waals surface area contributed by atoms with Crippen molar-refractivity contribution in [3.63, 3.8) is 0 Å². The van der Waals surface area contributed by atoms with E-state index in [-0.39, 0.29) is 11.8 Å². The molecule has 104 valence electrons. The van der Waals surface area contributed by atoms with Gasteiger partial charge in [0.05, 0.1) is 5.02 Å². The zero-order valence-corrected chi connectivity index (χ0v) is 12.5. The standard InChI is InChI=1S/C13H16Cl2N2O2/c1-8(2)7-16-17-13(18)9(3)19-12-5-4-10(14)6-11(12)15/h4-9H,1-3H3,(H,17,18). The fraction of sp³-hybridized carbons (Fsp3) is 0.385. The van der Waals surface area contributed by atoms with E-state index in [2.05, 4.69) is 10.5 Å². The van der Waals surface area contributed by atoms with E-state index in [1.807, 2.05) is 13.8 Å². The molecule has 1 aromatic carbocycles. The molecule has 1 aromatic rings. The van der Waals surface area contributed by atoms with Crippen LogP contribution in [0.5, 0.6) is 5.75 Å². The lowest BCUT2D eigenvalue weighted by Gasteiger charge is -2.14. The smallest absolute Gasteiger partial charge is 0.280 e. The van der Waals surface area contributed by atoms with Crippen molar-refractivity contribution in [3.05, 3.63) is 28.2 Å². The average molecular weight is 303 g/mol. The third kappa shape index (κ3) is 5.49. The molecule has 1 rings (SSSR count). The highest BCUT2D eigenvalue weighted by Gasteiger charge is 2.15. The second-order valence-corrected chi connectivity index (χ2v) is 5.18. The largest absolute Gasteiger partial charge is 0.479 e. The first-order chi connectivity index (χ1) is 8.90. The lowest BCUT2D eigenvalue weighted by Crippen LogP contribution is -2.33. The Morgan fingerprint density at radius 1 is 1.37 bits per heavy atom. The van der Waals surface area contributed by atoms with E-state index in [0.717, 1.165) is 0 Å². The first-order valence-corrected chi connectivity index (χ1v) is 6.60. The van der Waals surface area contributed by atoms with Crippen molar-refractivity contribution < 1.29 is 9.53 Å². The summed E-state index contributed by atoms with van der Waals surface area (Å²) in [5.74, 6) is 0.326. The number of nitrogens with zero attached hydrogens (tertiary/aromatic N) is 1. The van der Waals surface area contributed by atoms with Crippen LogP contribution in [0.3, 0.4) is 0 Å². The molecule has 0 spiro atoms. The maximum Gasteiger partial charge on any atom is 0.280 e. The summed E-state index contributed by atoms with van der Waals surface area (Å²) < 4.78 is 5.44. The Hall–Kier alpha value is -1.26. The van der Waals surface area contributed by atoms with Crippen molar-refractivity contribution in [1.29, 1.82) is 0 Å². The molecule has 1 unspecified atom stereocenters. The molecule has 1 atom stereocenters. The minimum atomic E-state index is -0.706.